The van der Waals surface area contributed by atoms with Crippen LogP contribution in [0, 0.1) is 13.8 Å². The van der Waals surface area contributed by atoms with Gasteiger partial charge in [0.2, 0.25) is 10.9 Å². The highest BCUT2D eigenvalue weighted by atomic mass is 32.1. The van der Waals surface area contributed by atoms with Gasteiger partial charge in [-0.25, -0.2) is 0 Å². The molecule has 1 unspecified atom stereocenters. The predicted molar refractivity (Wildman–Crippen MR) is 96.5 cm³/mol. The van der Waals surface area contributed by atoms with Crippen molar-refractivity contribution in [3.63, 3.8) is 0 Å². The van der Waals surface area contributed by atoms with Crippen molar-refractivity contribution in [3.05, 3.63) is 57.1 Å². The van der Waals surface area contributed by atoms with Gasteiger partial charge in [0, 0.05) is 13.5 Å². The summed E-state index contributed by atoms with van der Waals surface area (Å²) in [5.74, 6) is 0.886. The van der Waals surface area contributed by atoms with Gasteiger partial charge in [-0.05, 0) is 19.4 Å². The first kappa shape index (κ1) is 18.2. The quantitative estimate of drug-likeness (QED) is 0.655. The Hall–Kier alpha value is -2.65. The molecule has 3 aromatic rings. The number of benzene rings is 1. The Morgan fingerprint density at radius 3 is 2.65 bits per heavy atom. The van der Waals surface area contributed by atoms with E-state index in [4.69, 9.17) is 4.52 Å². The van der Waals surface area contributed by atoms with E-state index in [0.717, 1.165) is 10.6 Å². The van der Waals surface area contributed by atoms with Crippen LogP contribution in [0.15, 0.2) is 28.8 Å². The molecule has 2 aromatic heterocycles. The molecular weight excluding hydrogens is 352 g/mol. The summed E-state index contributed by atoms with van der Waals surface area (Å²) in [6.45, 7) is 6.63. The topological polar surface area (TPSA) is 106 Å². The summed E-state index contributed by atoms with van der Waals surface area (Å²) >= 11 is 1.26. The molecule has 0 aliphatic heterocycles. The molecule has 8 nitrogen and oxygen atoms in total. The molecule has 0 aliphatic carbocycles. The third-order valence-corrected chi connectivity index (χ3v) is 4.65. The molecule has 26 heavy (non-hydrogen) atoms. The van der Waals surface area contributed by atoms with Crippen molar-refractivity contribution < 1.29 is 9.32 Å². The van der Waals surface area contributed by atoms with Crippen LogP contribution in [0.1, 0.15) is 50.6 Å². The highest BCUT2D eigenvalue weighted by molar-refractivity contribution is 7.13. The smallest absolute Gasteiger partial charge is 0.282 e. The number of carbonyl (C=O) groups is 1. The lowest BCUT2D eigenvalue weighted by atomic mass is 10.1. The van der Waals surface area contributed by atoms with Crippen LogP contribution in [-0.2, 0) is 13.1 Å². The second-order valence-electron chi connectivity index (χ2n) is 5.94. The van der Waals surface area contributed by atoms with Crippen molar-refractivity contribution in [1.29, 1.82) is 0 Å². The van der Waals surface area contributed by atoms with E-state index in [-0.39, 0.29) is 11.9 Å². The zero-order chi connectivity index (χ0) is 18.5. The summed E-state index contributed by atoms with van der Waals surface area (Å²) in [5, 5.41) is 19.1. The number of aryl methyl sites for hydroxylation is 2. The van der Waals surface area contributed by atoms with Crippen LogP contribution in [0.3, 0.4) is 0 Å². The van der Waals surface area contributed by atoms with Crippen molar-refractivity contribution in [2.24, 2.45) is 0 Å². The molecule has 0 aliphatic rings. The molecule has 0 radical (unpaired) electrons. The minimum absolute atomic E-state index is 0.0878. The van der Waals surface area contributed by atoms with Crippen LogP contribution in [0.2, 0.25) is 0 Å². The van der Waals surface area contributed by atoms with Gasteiger partial charge in [-0.1, -0.05) is 46.3 Å². The van der Waals surface area contributed by atoms with Crippen LogP contribution < -0.4 is 10.6 Å². The number of carbonyl (C=O) groups excluding carboxylic acids is 1. The number of hydrogen-bond donors (Lipinski definition) is 2. The molecule has 136 valence electrons. The third kappa shape index (κ3) is 4.70. The number of nitrogens with zero attached hydrogens (tertiary/aromatic N) is 4. The zero-order valence-corrected chi connectivity index (χ0v) is 15.6. The number of hydrogen-bond acceptors (Lipinski definition) is 8. The fourth-order valence-electron chi connectivity index (χ4n) is 2.20. The third-order valence-electron chi connectivity index (χ3n) is 3.72. The maximum Gasteiger partial charge on any atom is 0.282 e. The lowest BCUT2D eigenvalue weighted by Gasteiger charge is -2.06. The Balaban J connectivity index is 1.50. The maximum absolute atomic E-state index is 12.2. The van der Waals surface area contributed by atoms with Gasteiger partial charge in [-0.3, -0.25) is 4.79 Å². The molecule has 3 rings (SSSR count). The van der Waals surface area contributed by atoms with E-state index < -0.39 is 0 Å². The van der Waals surface area contributed by atoms with Crippen molar-refractivity contribution in [1.82, 2.24) is 31.0 Å². The highest BCUT2D eigenvalue weighted by Gasteiger charge is 2.15. The fourth-order valence-corrected chi connectivity index (χ4v) is 2.91. The SMILES string of the molecule is Cc1ccc(CNC(=O)c2nnc(CNC(C)c3noc(C)n3)s2)cc1. The summed E-state index contributed by atoms with van der Waals surface area (Å²) in [5.41, 5.74) is 2.23. The summed E-state index contributed by atoms with van der Waals surface area (Å²) < 4.78 is 4.96. The Bertz CT molecular complexity index is 874. The summed E-state index contributed by atoms with van der Waals surface area (Å²) in [7, 11) is 0. The molecule has 1 amide bonds. The second kappa shape index (κ2) is 8.15. The summed E-state index contributed by atoms with van der Waals surface area (Å²) in [6, 6.07) is 7.93. The number of nitrogens with one attached hydrogen (secondary N) is 2. The number of rotatable bonds is 7. The predicted octanol–water partition coefficient (Wildman–Crippen LogP) is 2.32. The van der Waals surface area contributed by atoms with Crippen LogP contribution in [-0.4, -0.2) is 26.2 Å². The van der Waals surface area contributed by atoms with E-state index in [1.165, 1.54) is 16.9 Å². The van der Waals surface area contributed by atoms with Gasteiger partial charge in [-0.15, -0.1) is 10.2 Å². The van der Waals surface area contributed by atoms with E-state index in [1.807, 2.05) is 38.1 Å². The Morgan fingerprint density at radius 1 is 1.19 bits per heavy atom. The summed E-state index contributed by atoms with van der Waals surface area (Å²) in [4.78, 5) is 16.4. The van der Waals surface area contributed by atoms with E-state index in [0.29, 0.717) is 29.8 Å². The largest absolute Gasteiger partial charge is 0.346 e. The van der Waals surface area contributed by atoms with Crippen LogP contribution >= 0.6 is 11.3 Å². The van der Waals surface area contributed by atoms with E-state index in [2.05, 4.69) is 31.0 Å². The first-order valence-corrected chi connectivity index (χ1v) is 9.02. The van der Waals surface area contributed by atoms with Gasteiger partial charge in [-0.2, -0.15) is 4.98 Å². The molecule has 0 bridgehead atoms. The van der Waals surface area contributed by atoms with Crippen LogP contribution in [0.4, 0.5) is 0 Å². The standard InChI is InChI=1S/C17H20N6O2S/c1-10-4-6-13(7-5-10)8-19-16(24)17-22-21-14(26-17)9-18-11(2)15-20-12(3)25-23-15/h4-7,11,18H,8-9H2,1-3H3,(H,19,24). The lowest BCUT2D eigenvalue weighted by Crippen LogP contribution is -2.22. The van der Waals surface area contributed by atoms with Crippen LogP contribution in [0.5, 0.6) is 0 Å². The van der Waals surface area contributed by atoms with Gasteiger partial charge >= 0.3 is 0 Å². The van der Waals surface area contributed by atoms with Gasteiger partial charge < -0.3 is 15.2 Å². The zero-order valence-electron chi connectivity index (χ0n) is 14.8. The minimum Gasteiger partial charge on any atom is -0.346 e. The highest BCUT2D eigenvalue weighted by Crippen LogP contribution is 2.13. The lowest BCUT2D eigenvalue weighted by molar-refractivity contribution is 0.0950. The van der Waals surface area contributed by atoms with Crippen molar-refractivity contribution in [3.8, 4) is 0 Å². The normalized spacial score (nSPS) is 12.1. The van der Waals surface area contributed by atoms with E-state index in [9.17, 15) is 4.79 Å². The average Bonchev–Trinajstić information content (AvgIpc) is 3.28. The van der Waals surface area contributed by atoms with Crippen molar-refractivity contribution in [2.75, 3.05) is 0 Å². The molecule has 0 spiro atoms. The fraction of sp³-hybridized carbons (Fsp3) is 0.353. The molecule has 0 saturated carbocycles. The Morgan fingerprint density at radius 2 is 1.96 bits per heavy atom. The van der Waals surface area contributed by atoms with E-state index >= 15 is 0 Å². The molecular formula is C17H20N6O2S. The Labute approximate surface area is 155 Å². The van der Waals surface area contributed by atoms with Gasteiger partial charge in [0.25, 0.3) is 5.91 Å². The van der Waals surface area contributed by atoms with Crippen molar-refractivity contribution >= 4 is 17.2 Å². The Kier molecular flexibility index (Phi) is 5.69. The molecule has 1 atom stereocenters. The first-order chi connectivity index (χ1) is 12.5. The molecule has 0 fully saturated rings. The van der Waals surface area contributed by atoms with Gasteiger partial charge in [0.1, 0.15) is 5.01 Å². The number of amides is 1. The average molecular weight is 372 g/mol. The molecule has 9 heteroatoms. The summed E-state index contributed by atoms with van der Waals surface area (Å²) in [6.07, 6.45) is 0. The minimum atomic E-state index is -0.226. The van der Waals surface area contributed by atoms with Crippen molar-refractivity contribution in [2.45, 2.75) is 39.9 Å². The molecule has 0 saturated heterocycles. The molecule has 2 heterocycles. The van der Waals surface area contributed by atoms with Gasteiger partial charge in [0.05, 0.1) is 12.6 Å². The van der Waals surface area contributed by atoms with E-state index in [1.54, 1.807) is 6.92 Å². The molecule has 2 N–H and O–H groups in total. The van der Waals surface area contributed by atoms with Crippen LogP contribution in [0.25, 0.3) is 0 Å². The van der Waals surface area contributed by atoms with Gasteiger partial charge in [0.15, 0.2) is 5.82 Å². The number of aromatic nitrogens is 4. The first-order valence-electron chi connectivity index (χ1n) is 8.21. The monoisotopic (exact) mass is 372 g/mol. The second-order valence-corrected chi connectivity index (χ2v) is 7.01. The molecule has 1 aromatic carbocycles. The maximum atomic E-state index is 12.2.